The van der Waals surface area contributed by atoms with Crippen LogP contribution in [0.4, 0.5) is 0 Å². The molecule has 71 heavy (non-hydrogen) atoms. The van der Waals surface area contributed by atoms with Gasteiger partial charge in [-0.25, -0.2) is 0 Å². The van der Waals surface area contributed by atoms with Crippen molar-refractivity contribution in [2.45, 2.75) is 0 Å². The lowest BCUT2D eigenvalue weighted by Crippen LogP contribution is -2.03. The first-order chi connectivity index (χ1) is 35.2. The highest BCUT2D eigenvalue weighted by molar-refractivity contribution is 6.19. The molecule has 0 aliphatic rings. The molecule has 0 aliphatic heterocycles. The van der Waals surface area contributed by atoms with Gasteiger partial charge in [0.2, 0.25) is 0 Å². The van der Waals surface area contributed by atoms with E-state index in [2.05, 4.69) is 258 Å². The zero-order chi connectivity index (χ0) is 47.0. The number of rotatable bonds is 7. The number of fused-ring (bicyclic) bond motifs is 9. The second-order valence-electron chi connectivity index (χ2n) is 18.3. The molecule has 14 aromatic rings. The number of hydrogen-bond acceptors (Lipinski definition) is 2. The topological polar surface area (TPSA) is 46.8 Å². The van der Waals surface area contributed by atoms with Crippen molar-refractivity contribution in [3.05, 3.63) is 254 Å². The molecule has 0 spiro atoms. The summed E-state index contributed by atoms with van der Waals surface area (Å²) in [6, 6.07) is 91.1. The highest BCUT2D eigenvalue weighted by Gasteiger charge is 2.27. The minimum Gasteiger partial charge on any atom is -0.454 e. The van der Waals surface area contributed by atoms with Crippen LogP contribution in [-0.2, 0) is 0 Å². The molecular weight excluding hydrogens is 863 g/mol. The van der Waals surface area contributed by atoms with Crippen LogP contribution in [0, 0.1) is 11.3 Å². The second kappa shape index (κ2) is 16.2. The maximum Gasteiger partial charge on any atom is 0.157 e. The third-order valence-electron chi connectivity index (χ3n) is 14.4. The lowest BCUT2D eigenvalue weighted by atomic mass is 10.00. The maximum atomic E-state index is 11.7. The van der Waals surface area contributed by atoms with Gasteiger partial charge in [0.1, 0.15) is 17.2 Å². The van der Waals surface area contributed by atoms with E-state index in [0.29, 0.717) is 11.1 Å². The zero-order valence-electron chi connectivity index (χ0n) is 38.4. The van der Waals surface area contributed by atoms with E-state index in [1.54, 1.807) is 0 Å². The molecule has 0 amide bonds. The quantitative estimate of drug-likeness (QED) is 0.160. The van der Waals surface area contributed by atoms with Crippen LogP contribution in [0.15, 0.2) is 253 Å². The molecule has 3 aromatic heterocycles. The molecule has 11 aromatic carbocycles. The first kappa shape index (κ1) is 40.4. The molecule has 0 unspecified atom stereocenters. The Bertz CT molecular complexity index is 4230. The molecule has 3 heterocycles. The van der Waals surface area contributed by atoms with Crippen LogP contribution in [0.5, 0.6) is 0 Å². The maximum absolute atomic E-state index is 11.7. The average molecular weight is 904 g/mol. The normalized spacial score (nSPS) is 11.6. The van der Waals surface area contributed by atoms with Gasteiger partial charge in [0, 0.05) is 32.5 Å². The van der Waals surface area contributed by atoms with Gasteiger partial charge in [-0.15, -0.1) is 0 Å². The van der Waals surface area contributed by atoms with Crippen molar-refractivity contribution >= 4 is 65.6 Å². The Labute approximate surface area is 409 Å². The van der Waals surface area contributed by atoms with Gasteiger partial charge in [-0.2, -0.15) is 5.26 Å². The standard InChI is InChI=1S/C67H41N3O/c68-42-58-63(69-59-33-29-48(43-17-6-1-7-18-43)37-54(59)55-38-49(30-34-60(55)69)44-19-8-2-9-20-44)41-64(65-53-28-16-27-52(66(53)71-67(58)65)47-25-14-5-15-26-47)70-61-35-31-50(45-21-10-3-11-22-45)39-56(61)57-40-51(32-36-62(57)70)46-23-12-4-13-24-46/h1-41H. The monoisotopic (exact) mass is 903 g/mol. The van der Waals surface area contributed by atoms with Crippen LogP contribution in [0.3, 0.4) is 0 Å². The molecule has 4 heteroatoms. The van der Waals surface area contributed by atoms with Crippen molar-refractivity contribution < 1.29 is 4.42 Å². The van der Waals surface area contributed by atoms with Gasteiger partial charge in [-0.1, -0.05) is 194 Å². The second-order valence-corrected chi connectivity index (χ2v) is 18.3. The minimum absolute atomic E-state index is 0.468. The fourth-order valence-corrected chi connectivity index (χ4v) is 11.1. The van der Waals surface area contributed by atoms with Crippen LogP contribution < -0.4 is 0 Å². The Morgan fingerprint density at radius 3 is 1.04 bits per heavy atom. The summed E-state index contributed by atoms with van der Waals surface area (Å²) in [4.78, 5) is 0. The molecule has 0 atom stereocenters. The molecule has 0 aliphatic carbocycles. The minimum atomic E-state index is 0.468. The van der Waals surface area contributed by atoms with Crippen molar-refractivity contribution in [1.29, 1.82) is 5.26 Å². The van der Waals surface area contributed by atoms with Crippen LogP contribution in [0.1, 0.15) is 5.56 Å². The Morgan fingerprint density at radius 2 is 0.662 bits per heavy atom. The SMILES string of the molecule is N#Cc1c(-n2c3ccc(-c4ccccc4)cc3c3cc(-c4ccccc4)ccc32)cc(-n2c3ccc(-c4ccccc4)cc3c3cc(-c4ccccc4)ccc32)c2c1oc1c(-c3ccccc3)cccc12. The van der Waals surface area contributed by atoms with Gasteiger partial charge in [0.15, 0.2) is 5.58 Å². The van der Waals surface area contributed by atoms with Crippen LogP contribution in [0.2, 0.25) is 0 Å². The fraction of sp³-hybridized carbons (Fsp3) is 0. The van der Waals surface area contributed by atoms with Gasteiger partial charge >= 0.3 is 0 Å². The van der Waals surface area contributed by atoms with E-state index in [9.17, 15) is 5.26 Å². The van der Waals surface area contributed by atoms with Crippen LogP contribution in [-0.4, -0.2) is 9.13 Å². The van der Waals surface area contributed by atoms with Crippen molar-refractivity contribution in [2.24, 2.45) is 0 Å². The van der Waals surface area contributed by atoms with Crippen LogP contribution >= 0.6 is 0 Å². The summed E-state index contributed by atoms with van der Waals surface area (Å²) in [7, 11) is 0. The van der Waals surface area contributed by atoms with Gasteiger partial charge < -0.3 is 13.6 Å². The highest BCUT2D eigenvalue weighted by atomic mass is 16.3. The Kier molecular flexibility index (Phi) is 9.23. The number of nitrogens with zero attached hydrogens (tertiary/aromatic N) is 3. The molecule has 14 rings (SSSR count). The van der Waals surface area contributed by atoms with E-state index < -0.39 is 0 Å². The lowest BCUT2D eigenvalue weighted by molar-refractivity contribution is 0.668. The summed E-state index contributed by atoms with van der Waals surface area (Å²) in [5.74, 6) is 0. The molecule has 0 N–H and O–H groups in total. The van der Waals surface area contributed by atoms with Gasteiger partial charge in [0.25, 0.3) is 0 Å². The Hall–Kier alpha value is -9.69. The molecule has 0 saturated heterocycles. The van der Waals surface area contributed by atoms with E-state index >= 15 is 0 Å². The smallest absolute Gasteiger partial charge is 0.157 e. The number of hydrogen-bond donors (Lipinski definition) is 0. The van der Waals surface area contributed by atoms with E-state index in [-0.39, 0.29) is 0 Å². The van der Waals surface area contributed by atoms with Crippen LogP contribution in [0.25, 0.3) is 133 Å². The number of furan rings is 1. The molecule has 0 fully saturated rings. The third-order valence-corrected chi connectivity index (χ3v) is 14.4. The summed E-state index contributed by atoms with van der Waals surface area (Å²) in [6.45, 7) is 0. The lowest BCUT2D eigenvalue weighted by Gasteiger charge is -2.16. The van der Waals surface area contributed by atoms with E-state index in [0.717, 1.165) is 127 Å². The van der Waals surface area contributed by atoms with Gasteiger partial charge in [0.05, 0.1) is 38.8 Å². The number of para-hydroxylation sites is 1. The van der Waals surface area contributed by atoms with Gasteiger partial charge in [-0.05, 0) is 105 Å². The molecule has 0 saturated carbocycles. The predicted molar refractivity (Wildman–Crippen MR) is 294 cm³/mol. The van der Waals surface area contributed by atoms with Crippen molar-refractivity contribution in [3.8, 4) is 73.1 Å². The first-order valence-corrected chi connectivity index (χ1v) is 24.1. The number of nitriles is 1. The molecule has 0 bridgehead atoms. The first-order valence-electron chi connectivity index (χ1n) is 24.1. The number of aromatic nitrogens is 2. The average Bonchev–Trinajstić information content (AvgIpc) is 4.11. The molecular formula is C67H41N3O. The Balaban J connectivity index is 1.13. The fourth-order valence-electron chi connectivity index (χ4n) is 11.1. The van der Waals surface area contributed by atoms with E-state index in [4.69, 9.17) is 4.42 Å². The summed E-state index contributed by atoms with van der Waals surface area (Å²) >= 11 is 0. The number of benzene rings is 11. The van der Waals surface area contributed by atoms with Crippen molar-refractivity contribution in [3.63, 3.8) is 0 Å². The Morgan fingerprint density at radius 1 is 0.296 bits per heavy atom. The summed E-state index contributed by atoms with van der Waals surface area (Å²) < 4.78 is 11.9. The summed E-state index contributed by atoms with van der Waals surface area (Å²) in [6.07, 6.45) is 0. The third kappa shape index (κ3) is 6.45. The van der Waals surface area contributed by atoms with E-state index in [1.807, 2.05) is 6.07 Å². The van der Waals surface area contributed by atoms with Crippen molar-refractivity contribution in [1.82, 2.24) is 9.13 Å². The molecule has 0 radical (unpaired) electrons. The molecule has 4 nitrogen and oxygen atoms in total. The van der Waals surface area contributed by atoms with E-state index in [1.165, 1.54) is 0 Å². The largest absolute Gasteiger partial charge is 0.454 e. The summed E-state index contributed by atoms with van der Waals surface area (Å²) in [5, 5.41) is 18.0. The predicted octanol–water partition coefficient (Wildman–Crippen LogP) is 18.0. The summed E-state index contributed by atoms with van der Waals surface area (Å²) in [5.41, 5.74) is 18.7. The zero-order valence-corrected chi connectivity index (χ0v) is 38.4. The molecule has 330 valence electrons. The highest BCUT2D eigenvalue weighted by Crippen LogP contribution is 2.47. The van der Waals surface area contributed by atoms with Crippen molar-refractivity contribution in [2.75, 3.05) is 0 Å². The van der Waals surface area contributed by atoms with Gasteiger partial charge in [-0.3, -0.25) is 0 Å².